The van der Waals surface area contributed by atoms with Gasteiger partial charge >= 0.3 is 0 Å². The van der Waals surface area contributed by atoms with E-state index in [1.54, 1.807) is 11.8 Å². The lowest BCUT2D eigenvalue weighted by Gasteiger charge is -2.09. The molecule has 3 rings (SSSR count). The summed E-state index contributed by atoms with van der Waals surface area (Å²) in [5.74, 6) is 1.58. The van der Waals surface area contributed by atoms with Gasteiger partial charge in [-0.05, 0) is 31.5 Å². The summed E-state index contributed by atoms with van der Waals surface area (Å²) < 4.78 is 0. The summed E-state index contributed by atoms with van der Waals surface area (Å²) in [6.07, 6.45) is 0. The molecule has 23 heavy (non-hydrogen) atoms. The fourth-order valence-corrected chi connectivity index (χ4v) is 2.78. The van der Waals surface area contributed by atoms with Gasteiger partial charge in [0.05, 0.1) is 0 Å². The molecule has 0 amide bonds. The van der Waals surface area contributed by atoms with E-state index >= 15 is 0 Å². The molecule has 0 unspecified atom stereocenters. The monoisotopic (exact) mass is 322 g/mol. The molecule has 0 aliphatic rings. The fourth-order valence-electron chi connectivity index (χ4n) is 2.04. The van der Waals surface area contributed by atoms with E-state index in [1.807, 2.05) is 37.3 Å². The van der Waals surface area contributed by atoms with Crippen LogP contribution in [-0.2, 0) is 5.75 Å². The highest BCUT2D eigenvalue weighted by Gasteiger charge is 2.07. The van der Waals surface area contributed by atoms with Crippen molar-refractivity contribution in [3.63, 3.8) is 0 Å². The van der Waals surface area contributed by atoms with Crippen LogP contribution in [-0.4, -0.2) is 15.2 Å². The molecule has 3 aromatic rings. The fraction of sp³-hybridized carbons (Fsp3) is 0.167. The lowest BCUT2D eigenvalue weighted by molar-refractivity contribution is 0.819. The van der Waals surface area contributed by atoms with Gasteiger partial charge in [-0.3, -0.25) is 0 Å². The minimum atomic E-state index is 0.675. The second-order valence-corrected chi connectivity index (χ2v) is 6.24. The van der Waals surface area contributed by atoms with E-state index in [9.17, 15) is 0 Å². The molecule has 0 spiro atoms. The molecule has 1 N–H and O–H groups in total. The number of thioether (sulfide) groups is 1. The van der Waals surface area contributed by atoms with E-state index in [2.05, 4.69) is 51.7 Å². The number of aryl methyl sites for hydroxylation is 2. The third-order valence-corrected chi connectivity index (χ3v) is 4.27. The summed E-state index contributed by atoms with van der Waals surface area (Å²) in [5, 5.41) is 12.4. The van der Waals surface area contributed by atoms with Crippen molar-refractivity contribution >= 4 is 23.3 Å². The van der Waals surface area contributed by atoms with Crippen LogP contribution in [0.5, 0.6) is 0 Å². The Bertz CT molecular complexity index is 773. The van der Waals surface area contributed by atoms with Crippen molar-refractivity contribution in [1.82, 2.24) is 15.2 Å². The Hall–Kier alpha value is -2.40. The first kappa shape index (κ1) is 15.5. The van der Waals surface area contributed by atoms with E-state index in [0.29, 0.717) is 5.16 Å². The van der Waals surface area contributed by atoms with Crippen molar-refractivity contribution in [2.75, 3.05) is 5.32 Å². The second-order valence-electron chi connectivity index (χ2n) is 5.29. The zero-order chi connectivity index (χ0) is 16.1. The molecular weight excluding hydrogens is 304 g/mol. The molecule has 2 aromatic carbocycles. The van der Waals surface area contributed by atoms with Crippen LogP contribution in [0.25, 0.3) is 0 Å². The molecule has 0 aliphatic carbocycles. The van der Waals surface area contributed by atoms with Crippen LogP contribution in [0.2, 0.25) is 0 Å². The van der Waals surface area contributed by atoms with Crippen molar-refractivity contribution in [3.05, 3.63) is 71.4 Å². The lowest BCUT2D eigenvalue weighted by Crippen LogP contribution is -2.02. The highest BCUT2D eigenvalue weighted by atomic mass is 32.2. The summed E-state index contributed by atoms with van der Waals surface area (Å²) in [6.45, 7) is 3.97. The average Bonchev–Trinajstić information content (AvgIpc) is 2.58. The molecule has 0 aliphatic heterocycles. The van der Waals surface area contributed by atoms with Crippen LogP contribution in [0.15, 0.2) is 59.8 Å². The van der Waals surface area contributed by atoms with Gasteiger partial charge < -0.3 is 5.32 Å². The molecule has 4 nitrogen and oxygen atoms in total. The normalized spacial score (nSPS) is 10.5. The van der Waals surface area contributed by atoms with Crippen molar-refractivity contribution in [2.45, 2.75) is 24.8 Å². The predicted molar refractivity (Wildman–Crippen MR) is 95.0 cm³/mol. The van der Waals surface area contributed by atoms with Crippen molar-refractivity contribution in [3.8, 4) is 0 Å². The molecule has 0 fully saturated rings. The largest absolute Gasteiger partial charge is 0.339 e. The number of anilines is 2. The first-order valence-corrected chi connectivity index (χ1v) is 8.41. The van der Waals surface area contributed by atoms with E-state index in [0.717, 1.165) is 23.0 Å². The zero-order valence-electron chi connectivity index (χ0n) is 13.2. The maximum Gasteiger partial charge on any atom is 0.211 e. The maximum atomic E-state index is 4.58. The number of rotatable bonds is 5. The van der Waals surface area contributed by atoms with Gasteiger partial charge in [0.2, 0.25) is 5.16 Å². The minimum absolute atomic E-state index is 0.675. The number of aromatic nitrogens is 3. The summed E-state index contributed by atoms with van der Waals surface area (Å²) in [7, 11) is 0. The Morgan fingerprint density at radius 2 is 1.65 bits per heavy atom. The molecule has 0 saturated heterocycles. The van der Waals surface area contributed by atoms with Crippen LogP contribution in [0.1, 0.15) is 16.8 Å². The number of hydrogen-bond acceptors (Lipinski definition) is 5. The zero-order valence-corrected chi connectivity index (χ0v) is 14.0. The molecule has 0 radical (unpaired) electrons. The van der Waals surface area contributed by atoms with E-state index in [1.165, 1.54) is 11.1 Å². The summed E-state index contributed by atoms with van der Waals surface area (Å²) in [5.41, 5.74) is 4.26. The average molecular weight is 322 g/mol. The third kappa shape index (κ3) is 4.29. The van der Waals surface area contributed by atoms with Gasteiger partial charge in [0, 0.05) is 11.4 Å². The summed E-state index contributed by atoms with van der Waals surface area (Å²) >= 11 is 1.58. The van der Waals surface area contributed by atoms with Crippen molar-refractivity contribution < 1.29 is 0 Å². The summed E-state index contributed by atoms with van der Waals surface area (Å²) in [4.78, 5) is 4.58. The first-order chi connectivity index (χ1) is 11.2. The predicted octanol–water partition coefficient (Wildman–Crippen LogP) is 4.52. The van der Waals surface area contributed by atoms with Crippen molar-refractivity contribution in [1.29, 1.82) is 0 Å². The Morgan fingerprint density at radius 3 is 2.39 bits per heavy atom. The molecule has 0 saturated carbocycles. The standard InChI is InChI=1S/C18H18N4S/c1-13-8-10-16(11-9-13)19-17-14(2)21-22-18(20-17)23-12-15-6-4-3-5-7-15/h3-11H,12H2,1-2H3,(H,19,20,22). The van der Waals surface area contributed by atoms with E-state index in [-0.39, 0.29) is 0 Å². The maximum absolute atomic E-state index is 4.58. The number of benzene rings is 2. The molecule has 5 heteroatoms. The van der Waals surface area contributed by atoms with E-state index in [4.69, 9.17) is 0 Å². The van der Waals surface area contributed by atoms with E-state index < -0.39 is 0 Å². The molecule has 0 bridgehead atoms. The molecule has 1 aromatic heterocycles. The van der Waals surface area contributed by atoms with Gasteiger partial charge in [-0.15, -0.1) is 10.2 Å². The van der Waals surface area contributed by atoms with Gasteiger partial charge in [-0.2, -0.15) is 0 Å². The van der Waals surface area contributed by atoms with Crippen LogP contribution in [0, 0.1) is 13.8 Å². The minimum Gasteiger partial charge on any atom is -0.339 e. The molecule has 1 heterocycles. The molecular formula is C18H18N4S. The Kier molecular flexibility index (Phi) is 4.88. The van der Waals surface area contributed by atoms with Gasteiger partial charge in [0.15, 0.2) is 5.82 Å². The lowest BCUT2D eigenvalue weighted by atomic mass is 10.2. The highest BCUT2D eigenvalue weighted by molar-refractivity contribution is 7.98. The van der Waals surface area contributed by atoms with Crippen molar-refractivity contribution in [2.24, 2.45) is 0 Å². The van der Waals surface area contributed by atoms with Gasteiger partial charge in [-0.1, -0.05) is 59.8 Å². The topological polar surface area (TPSA) is 50.7 Å². The quantitative estimate of drug-likeness (QED) is 0.700. The van der Waals surface area contributed by atoms with Gasteiger partial charge in [-0.25, -0.2) is 4.98 Å². The Morgan fingerprint density at radius 1 is 0.913 bits per heavy atom. The smallest absolute Gasteiger partial charge is 0.211 e. The van der Waals surface area contributed by atoms with Crippen LogP contribution < -0.4 is 5.32 Å². The Labute approximate surface area is 140 Å². The second kappa shape index (κ2) is 7.24. The highest BCUT2D eigenvalue weighted by Crippen LogP contribution is 2.22. The number of nitrogens with one attached hydrogen (secondary N) is 1. The Balaban J connectivity index is 1.72. The number of hydrogen-bond donors (Lipinski definition) is 1. The van der Waals surface area contributed by atoms with Crippen LogP contribution in [0.4, 0.5) is 11.5 Å². The first-order valence-electron chi connectivity index (χ1n) is 7.42. The summed E-state index contributed by atoms with van der Waals surface area (Å²) in [6, 6.07) is 18.5. The van der Waals surface area contributed by atoms with Gasteiger partial charge in [0.1, 0.15) is 5.69 Å². The third-order valence-electron chi connectivity index (χ3n) is 3.36. The van der Waals surface area contributed by atoms with Gasteiger partial charge in [0.25, 0.3) is 0 Å². The number of nitrogens with zero attached hydrogens (tertiary/aromatic N) is 3. The SMILES string of the molecule is Cc1ccc(Nc2nc(SCc3ccccc3)nnc2C)cc1. The van der Waals surface area contributed by atoms with Crippen LogP contribution in [0.3, 0.4) is 0 Å². The van der Waals surface area contributed by atoms with Crippen LogP contribution >= 0.6 is 11.8 Å². The molecule has 116 valence electrons. The molecule has 0 atom stereocenters.